The molecular formula is C59H39N3. The normalized spacial score (nSPS) is 13.1. The van der Waals surface area contributed by atoms with Crippen LogP contribution >= 0.6 is 0 Å². The minimum atomic E-state index is -0.238. The zero-order valence-electron chi connectivity index (χ0n) is 34.4. The average Bonchev–Trinajstić information content (AvgIpc) is 3.77. The molecule has 0 bridgehead atoms. The standard InChI is InChI=1S/C59H39N3/c1-59(2)51-33-49-44(30-45(51)46-31-47-42-27-16-17-29-55(42)62(56(47)34-52(46)59)38-22-10-5-11-23-38)39-24-12-13-25-40(39)48-32-50(41-26-14-15-28-43(41)57(48)49)58-60-53(36-18-6-3-7-19-36)35-54(61-58)37-20-8-4-9-21-37/h3-35H,1-2H3. The van der Waals surface area contributed by atoms with Crippen LogP contribution in [0.5, 0.6) is 0 Å². The number of para-hydroxylation sites is 2. The summed E-state index contributed by atoms with van der Waals surface area (Å²) in [5, 5.41) is 12.4. The highest BCUT2D eigenvalue weighted by molar-refractivity contribution is 6.33. The molecule has 62 heavy (non-hydrogen) atoms. The lowest BCUT2D eigenvalue weighted by molar-refractivity contribution is 0.662. The minimum Gasteiger partial charge on any atom is -0.309 e. The molecule has 3 nitrogen and oxygen atoms in total. The van der Waals surface area contributed by atoms with E-state index in [1.54, 1.807) is 0 Å². The van der Waals surface area contributed by atoms with Gasteiger partial charge in [-0.05, 0) is 120 Å². The van der Waals surface area contributed by atoms with E-state index in [0.717, 1.165) is 39.3 Å². The number of rotatable bonds is 4. The molecule has 2 heterocycles. The van der Waals surface area contributed by atoms with Crippen LogP contribution in [0, 0.1) is 0 Å². The number of fused-ring (bicyclic) bond motifs is 14. The van der Waals surface area contributed by atoms with Crippen molar-refractivity contribution in [3.8, 4) is 50.7 Å². The summed E-state index contributed by atoms with van der Waals surface area (Å²) in [6.45, 7) is 4.82. The molecule has 1 aliphatic carbocycles. The maximum absolute atomic E-state index is 5.34. The fraction of sp³-hybridized carbons (Fsp3) is 0.0508. The van der Waals surface area contributed by atoms with Crippen molar-refractivity contribution >= 4 is 64.9 Å². The lowest BCUT2D eigenvalue weighted by Crippen LogP contribution is -2.15. The van der Waals surface area contributed by atoms with E-state index >= 15 is 0 Å². The van der Waals surface area contributed by atoms with Gasteiger partial charge in [-0.1, -0.05) is 159 Å². The van der Waals surface area contributed by atoms with Gasteiger partial charge in [0.15, 0.2) is 5.82 Å². The zero-order valence-corrected chi connectivity index (χ0v) is 34.4. The highest BCUT2D eigenvalue weighted by atomic mass is 15.0. The second-order valence-electron chi connectivity index (χ2n) is 17.3. The summed E-state index contributed by atoms with van der Waals surface area (Å²) in [6, 6.07) is 72.8. The van der Waals surface area contributed by atoms with Crippen LogP contribution in [0.1, 0.15) is 25.0 Å². The van der Waals surface area contributed by atoms with Gasteiger partial charge in [0.05, 0.1) is 22.4 Å². The van der Waals surface area contributed by atoms with Crippen molar-refractivity contribution in [2.45, 2.75) is 19.3 Å². The first-order valence-electron chi connectivity index (χ1n) is 21.5. The van der Waals surface area contributed by atoms with Crippen molar-refractivity contribution in [2.75, 3.05) is 0 Å². The Bertz CT molecular complexity index is 3750. The van der Waals surface area contributed by atoms with Crippen molar-refractivity contribution in [3.05, 3.63) is 211 Å². The molecule has 0 saturated heterocycles. The van der Waals surface area contributed by atoms with Crippen molar-refractivity contribution in [1.82, 2.24) is 14.5 Å². The summed E-state index contributed by atoms with van der Waals surface area (Å²) in [4.78, 5) is 10.7. The third-order valence-electron chi connectivity index (χ3n) is 13.5. The summed E-state index contributed by atoms with van der Waals surface area (Å²) in [5.74, 6) is 0.720. The zero-order chi connectivity index (χ0) is 41.1. The predicted molar refractivity (Wildman–Crippen MR) is 260 cm³/mol. The van der Waals surface area contributed by atoms with Gasteiger partial charge >= 0.3 is 0 Å². The Morgan fingerprint density at radius 1 is 0.355 bits per heavy atom. The molecule has 290 valence electrons. The molecule has 0 aliphatic heterocycles. The van der Waals surface area contributed by atoms with Crippen molar-refractivity contribution < 1.29 is 0 Å². The number of hydrogen-bond donors (Lipinski definition) is 0. The predicted octanol–water partition coefficient (Wildman–Crippen LogP) is 15.5. The topological polar surface area (TPSA) is 30.7 Å². The first-order chi connectivity index (χ1) is 30.5. The van der Waals surface area contributed by atoms with Gasteiger partial charge in [0.25, 0.3) is 0 Å². The maximum Gasteiger partial charge on any atom is 0.161 e. The van der Waals surface area contributed by atoms with E-state index in [0.29, 0.717) is 0 Å². The lowest BCUT2D eigenvalue weighted by Gasteiger charge is -2.23. The van der Waals surface area contributed by atoms with Crippen LogP contribution in [0.4, 0.5) is 0 Å². The molecule has 0 radical (unpaired) electrons. The summed E-state index contributed by atoms with van der Waals surface area (Å²) in [5.41, 5.74) is 13.7. The van der Waals surface area contributed by atoms with E-state index in [1.165, 1.54) is 87.5 Å². The largest absolute Gasteiger partial charge is 0.309 e. The summed E-state index contributed by atoms with van der Waals surface area (Å²) in [6.07, 6.45) is 0. The van der Waals surface area contributed by atoms with Gasteiger partial charge in [0, 0.05) is 38.6 Å². The third-order valence-corrected chi connectivity index (χ3v) is 13.5. The van der Waals surface area contributed by atoms with E-state index in [2.05, 4.69) is 219 Å². The van der Waals surface area contributed by atoms with E-state index < -0.39 is 0 Å². The van der Waals surface area contributed by atoms with Gasteiger partial charge in [0.1, 0.15) is 0 Å². The Morgan fingerprint density at radius 2 is 0.839 bits per heavy atom. The van der Waals surface area contributed by atoms with Crippen molar-refractivity contribution in [2.24, 2.45) is 0 Å². The Hall–Kier alpha value is -7.88. The second-order valence-corrected chi connectivity index (χ2v) is 17.3. The van der Waals surface area contributed by atoms with Crippen molar-refractivity contribution in [1.29, 1.82) is 0 Å². The van der Waals surface area contributed by atoms with E-state index in [-0.39, 0.29) is 5.41 Å². The molecule has 13 rings (SSSR count). The number of hydrogen-bond acceptors (Lipinski definition) is 2. The van der Waals surface area contributed by atoms with E-state index in [9.17, 15) is 0 Å². The first-order valence-corrected chi connectivity index (χ1v) is 21.5. The van der Waals surface area contributed by atoms with Gasteiger partial charge in [-0.25, -0.2) is 9.97 Å². The molecule has 0 N–H and O–H groups in total. The Kier molecular flexibility index (Phi) is 7.36. The minimum absolute atomic E-state index is 0.238. The average molecular weight is 790 g/mol. The quantitative estimate of drug-likeness (QED) is 0.166. The highest BCUT2D eigenvalue weighted by Crippen LogP contribution is 2.54. The van der Waals surface area contributed by atoms with Crippen LogP contribution in [0.15, 0.2) is 200 Å². The maximum atomic E-state index is 5.34. The monoisotopic (exact) mass is 789 g/mol. The lowest BCUT2D eigenvalue weighted by atomic mass is 9.80. The molecule has 10 aromatic carbocycles. The molecule has 0 amide bonds. The van der Waals surface area contributed by atoms with E-state index in [4.69, 9.17) is 9.97 Å². The highest BCUT2D eigenvalue weighted by Gasteiger charge is 2.37. The molecule has 2 aromatic heterocycles. The Balaban J connectivity index is 1.10. The fourth-order valence-electron chi connectivity index (χ4n) is 10.6. The van der Waals surface area contributed by atoms with E-state index in [1.807, 2.05) is 0 Å². The molecule has 0 atom stereocenters. The smallest absolute Gasteiger partial charge is 0.161 e. The van der Waals surface area contributed by atoms with Gasteiger partial charge in [-0.15, -0.1) is 0 Å². The summed E-state index contributed by atoms with van der Waals surface area (Å²) < 4.78 is 2.44. The molecular weight excluding hydrogens is 751 g/mol. The molecule has 0 unspecified atom stereocenters. The van der Waals surface area contributed by atoms with Crippen LogP contribution in [0.25, 0.3) is 116 Å². The van der Waals surface area contributed by atoms with Crippen LogP contribution in [0.2, 0.25) is 0 Å². The summed E-state index contributed by atoms with van der Waals surface area (Å²) >= 11 is 0. The Morgan fingerprint density at radius 3 is 1.50 bits per heavy atom. The summed E-state index contributed by atoms with van der Waals surface area (Å²) in [7, 11) is 0. The molecule has 3 heteroatoms. The molecule has 1 aliphatic rings. The van der Waals surface area contributed by atoms with Gasteiger partial charge < -0.3 is 4.57 Å². The van der Waals surface area contributed by atoms with Crippen LogP contribution in [-0.4, -0.2) is 14.5 Å². The third kappa shape index (κ3) is 5.00. The Labute approximate surface area is 359 Å². The van der Waals surface area contributed by atoms with Gasteiger partial charge in [-0.2, -0.15) is 0 Å². The number of nitrogens with zero attached hydrogens (tertiary/aromatic N) is 3. The number of aromatic nitrogens is 3. The molecule has 0 spiro atoms. The van der Waals surface area contributed by atoms with Crippen LogP contribution in [0.3, 0.4) is 0 Å². The molecule has 12 aromatic rings. The van der Waals surface area contributed by atoms with Gasteiger partial charge in [0.2, 0.25) is 0 Å². The van der Waals surface area contributed by atoms with Crippen LogP contribution < -0.4 is 0 Å². The second kappa shape index (κ2) is 13.1. The first kappa shape index (κ1) is 34.9. The van der Waals surface area contributed by atoms with Gasteiger partial charge in [-0.3, -0.25) is 0 Å². The molecule has 0 saturated carbocycles. The SMILES string of the molecule is CC1(C)c2cc3c(cc2-c2cc4c5ccccc5n(-c5ccccc5)c4cc21)c1ccccc1c1cc(-c2nc(-c4ccccc4)cc(-c4ccccc4)n2)c2ccccc2c31. The fourth-order valence-corrected chi connectivity index (χ4v) is 10.6. The molecule has 0 fully saturated rings. The van der Waals surface area contributed by atoms with Crippen LogP contribution in [-0.2, 0) is 5.41 Å². The number of benzene rings is 10. The van der Waals surface area contributed by atoms with Crippen molar-refractivity contribution in [3.63, 3.8) is 0 Å².